The lowest BCUT2D eigenvalue weighted by atomic mass is 9.98. The maximum absolute atomic E-state index is 12.5. The predicted octanol–water partition coefficient (Wildman–Crippen LogP) is 2.02. The molecule has 1 aliphatic heterocycles. The van der Waals surface area contributed by atoms with Gasteiger partial charge < -0.3 is 9.50 Å². The van der Waals surface area contributed by atoms with Gasteiger partial charge in [0.1, 0.15) is 11.3 Å². The van der Waals surface area contributed by atoms with E-state index in [4.69, 9.17) is 4.18 Å². The molecule has 9 heteroatoms. The van der Waals surface area contributed by atoms with Crippen LogP contribution in [0.1, 0.15) is 25.7 Å². The third-order valence-corrected chi connectivity index (χ3v) is 6.09. The number of carbonyl (C=O) groups excluding carboxylic acids is 2. The molecule has 1 spiro atoms. The number of rotatable bonds is 5. The van der Waals surface area contributed by atoms with Crippen LogP contribution in [-0.4, -0.2) is 43.1 Å². The van der Waals surface area contributed by atoms with Crippen molar-refractivity contribution in [1.82, 2.24) is 10.2 Å². The SMILES string of the molecule is O=C1NC2(CCCC2)C(=O)N1CCS(=O)(=O)Oc1ccccc1Br. The molecule has 1 aromatic carbocycles. The number of carbonyl (C=O) groups is 2. The number of imide groups is 1. The molecule has 130 valence electrons. The fourth-order valence-electron chi connectivity index (χ4n) is 3.09. The molecule has 0 unspecified atom stereocenters. The molecule has 1 saturated heterocycles. The van der Waals surface area contributed by atoms with Gasteiger partial charge in [-0.2, -0.15) is 8.42 Å². The summed E-state index contributed by atoms with van der Waals surface area (Å²) >= 11 is 3.21. The van der Waals surface area contributed by atoms with Crippen LogP contribution in [-0.2, 0) is 14.9 Å². The van der Waals surface area contributed by atoms with E-state index in [2.05, 4.69) is 21.2 Å². The van der Waals surface area contributed by atoms with E-state index in [1.54, 1.807) is 18.2 Å². The van der Waals surface area contributed by atoms with E-state index in [-0.39, 0.29) is 18.2 Å². The average Bonchev–Trinajstić information content (AvgIpc) is 3.07. The second kappa shape index (κ2) is 6.36. The zero-order valence-electron chi connectivity index (χ0n) is 12.8. The van der Waals surface area contributed by atoms with Crippen LogP contribution in [0.25, 0.3) is 0 Å². The van der Waals surface area contributed by atoms with E-state index >= 15 is 0 Å². The third kappa shape index (κ3) is 3.27. The van der Waals surface area contributed by atoms with Gasteiger partial charge in [0.05, 0.1) is 4.47 Å². The number of halogens is 1. The van der Waals surface area contributed by atoms with Gasteiger partial charge in [-0.3, -0.25) is 9.69 Å². The molecule has 0 bridgehead atoms. The van der Waals surface area contributed by atoms with Crippen molar-refractivity contribution in [2.75, 3.05) is 12.3 Å². The van der Waals surface area contributed by atoms with Crippen LogP contribution in [0.15, 0.2) is 28.7 Å². The number of nitrogens with zero attached hydrogens (tertiary/aromatic N) is 1. The molecule has 2 aliphatic rings. The molecule has 3 rings (SSSR count). The van der Waals surface area contributed by atoms with Crippen LogP contribution in [0.2, 0.25) is 0 Å². The van der Waals surface area contributed by atoms with Crippen LogP contribution in [0.4, 0.5) is 4.79 Å². The Morgan fingerprint density at radius 1 is 1.21 bits per heavy atom. The molecule has 1 aromatic rings. The first-order valence-corrected chi connectivity index (χ1v) is 10.0. The molecule has 1 saturated carbocycles. The van der Waals surface area contributed by atoms with Crippen LogP contribution in [0.5, 0.6) is 5.75 Å². The zero-order valence-corrected chi connectivity index (χ0v) is 15.2. The highest BCUT2D eigenvalue weighted by Gasteiger charge is 2.52. The fourth-order valence-corrected chi connectivity index (χ4v) is 4.47. The minimum absolute atomic E-state index is 0.168. The van der Waals surface area contributed by atoms with Crippen LogP contribution < -0.4 is 9.50 Å². The van der Waals surface area contributed by atoms with Crippen LogP contribution in [0, 0.1) is 0 Å². The summed E-state index contributed by atoms with van der Waals surface area (Å²) in [5.41, 5.74) is -0.829. The van der Waals surface area contributed by atoms with E-state index in [1.165, 1.54) is 6.07 Å². The lowest BCUT2D eigenvalue weighted by molar-refractivity contribution is -0.130. The highest BCUT2D eigenvalue weighted by atomic mass is 79.9. The summed E-state index contributed by atoms with van der Waals surface area (Å²) in [7, 11) is -3.93. The molecule has 1 aliphatic carbocycles. The first-order chi connectivity index (χ1) is 11.3. The van der Waals surface area contributed by atoms with Crippen molar-refractivity contribution >= 4 is 38.0 Å². The van der Waals surface area contributed by atoms with Gasteiger partial charge in [0.15, 0.2) is 5.75 Å². The van der Waals surface area contributed by atoms with Gasteiger partial charge in [-0.25, -0.2) is 4.79 Å². The smallest absolute Gasteiger partial charge is 0.325 e. The van der Waals surface area contributed by atoms with Gasteiger partial charge in [-0.05, 0) is 40.9 Å². The van der Waals surface area contributed by atoms with Gasteiger partial charge in [0.2, 0.25) is 0 Å². The number of benzene rings is 1. The highest BCUT2D eigenvalue weighted by Crippen LogP contribution is 2.35. The van der Waals surface area contributed by atoms with Gasteiger partial charge in [-0.1, -0.05) is 25.0 Å². The van der Waals surface area contributed by atoms with Crippen molar-refractivity contribution < 1.29 is 22.2 Å². The summed E-state index contributed by atoms with van der Waals surface area (Å²) in [4.78, 5) is 25.5. The number of para-hydroxylation sites is 1. The Kier molecular flexibility index (Phi) is 4.56. The Morgan fingerprint density at radius 3 is 2.54 bits per heavy atom. The van der Waals surface area contributed by atoms with E-state index in [0.717, 1.165) is 17.7 Å². The molecule has 2 fully saturated rings. The van der Waals surface area contributed by atoms with Crippen molar-refractivity contribution in [2.45, 2.75) is 31.2 Å². The molecule has 24 heavy (non-hydrogen) atoms. The Labute approximate surface area is 148 Å². The maximum Gasteiger partial charge on any atom is 0.325 e. The third-order valence-electron chi connectivity index (χ3n) is 4.32. The summed E-state index contributed by atoms with van der Waals surface area (Å²) in [6.07, 6.45) is 2.97. The molecule has 1 heterocycles. The summed E-state index contributed by atoms with van der Waals surface area (Å²) in [6.45, 7) is -0.223. The lowest BCUT2D eigenvalue weighted by Gasteiger charge is -2.20. The number of hydrogen-bond acceptors (Lipinski definition) is 5. The molecule has 7 nitrogen and oxygen atoms in total. The van der Waals surface area contributed by atoms with Crippen LogP contribution in [0.3, 0.4) is 0 Å². The van der Waals surface area contributed by atoms with Crippen molar-refractivity contribution in [2.24, 2.45) is 0 Å². The van der Waals surface area contributed by atoms with Crippen LogP contribution >= 0.6 is 15.9 Å². The fraction of sp³-hybridized carbons (Fsp3) is 0.467. The van der Waals surface area contributed by atoms with Crippen molar-refractivity contribution in [3.8, 4) is 5.75 Å². The normalized spacial score (nSPS) is 19.8. The van der Waals surface area contributed by atoms with E-state index < -0.39 is 27.4 Å². The van der Waals surface area contributed by atoms with Crippen molar-refractivity contribution in [1.29, 1.82) is 0 Å². The van der Waals surface area contributed by atoms with E-state index in [1.807, 2.05) is 0 Å². The predicted molar refractivity (Wildman–Crippen MR) is 90.0 cm³/mol. The summed E-state index contributed by atoms with van der Waals surface area (Å²) in [6, 6.07) is 6.03. The Morgan fingerprint density at radius 2 is 1.88 bits per heavy atom. The second-order valence-corrected chi connectivity index (χ2v) is 8.50. The Bertz CT molecular complexity index is 774. The Balaban J connectivity index is 1.65. The number of amides is 3. The van der Waals surface area contributed by atoms with Crippen molar-refractivity contribution in [3.63, 3.8) is 0 Å². The molecular formula is C15H17BrN2O5S. The average molecular weight is 417 g/mol. The summed E-state index contributed by atoms with van der Waals surface area (Å²) in [5.74, 6) is -0.619. The molecule has 0 radical (unpaired) electrons. The first kappa shape index (κ1) is 17.2. The zero-order chi connectivity index (χ0) is 17.4. The topological polar surface area (TPSA) is 92.8 Å². The van der Waals surface area contributed by atoms with Crippen molar-refractivity contribution in [3.05, 3.63) is 28.7 Å². The second-order valence-electron chi connectivity index (χ2n) is 5.95. The molecule has 0 aromatic heterocycles. The molecule has 1 N–H and O–H groups in total. The van der Waals surface area contributed by atoms with Gasteiger partial charge in [0, 0.05) is 6.54 Å². The molecular weight excluding hydrogens is 400 g/mol. The maximum atomic E-state index is 12.5. The quantitative estimate of drug-likeness (QED) is 0.585. The number of urea groups is 1. The number of nitrogens with one attached hydrogen (secondary N) is 1. The first-order valence-electron chi connectivity index (χ1n) is 7.64. The molecule has 3 amide bonds. The van der Waals surface area contributed by atoms with Gasteiger partial charge in [0.25, 0.3) is 5.91 Å². The monoisotopic (exact) mass is 416 g/mol. The molecule has 0 atom stereocenters. The van der Waals surface area contributed by atoms with E-state index in [0.29, 0.717) is 17.3 Å². The largest absolute Gasteiger partial charge is 0.381 e. The highest BCUT2D eigenvalue weighted by molar-refractivity contribution is 9.10. The minimum atomic E-state index is -3.93. The summed E-state index contributed by atoms with van der Waals surface area (Å²) < 4.78 is 29.8. The minimum Gasteiger partial charge on any atom is -0.381 e. The van der Waals surface area contributed by atoms with E-state index in [9.17, 15) is 18.0 Å². The van der Waals surface area contributed by atoms with Gasteiger partial charge >= 0.3 is 16.1 Å². The Hall–Kier alpha value is -1.61. The lowest BCUT2D eigenvalue weighted by Crippen LogP contribution is -2.44. The summed E-state index contributed by atoms with van der Waals surface area (Å²) in [5, 5.41) is 2.72. The number of hydrogen-bond donors (Lipinski definition) is 1. The standard InChI is InChI=1S/C15H17BrN2O5S/c16-11-5-1-2-6-12(11)23-24(21,22)10-9-18-13(19)15(17-14(18)20)7-3-4-8-15/h1-2,5-6H,3-4,7-10H2,(H,17,20). The van der Waals surface area contributed by atoms with Gasteiger partial charge in [-0.15, -0.1) is 0 Å².